The molecule has 0 bridgehead atoms. The van der Waals surface area contributed by atoms with Crippen LogP contribution >= 0.6 is 0 Å². The second kappa shape index (κ2) is 3.52. The summed E-state index contributed by atoms with van der Waals surface area (Å²) in [6.07, 6.45) is 11.1. The van der Waals surface area contributed by atoms with E-state index < -0.39 is 0 Å². The molecule has 5 unspecified atom stereocenters. The first-order chi connectivity index (χ1) is 6.86. The molecule has 3 rings (SSSR count). The van der Waals surface area contributed by atoms with E-state index in [2.05, 4.69) is 0 Å². The van der Waals surface area contributed by atoms with Crippen molar-refractivity contribution in [2.75, 3.05) is 0 Å². The van der Waals surface area contributed by atoms with Gasteiger partial charge >= 0.3 is 0 Å². The van der Waals surface area contributed by atoms with Crippen molar-refractivity contribution in [3.8, 4) is 0 Å². The number of aliphatic hydroxyl groups is 1. The molecule has 80 valence electrons. The summed E-state index contributed by atoms with van der Waals surface area (Å²) >= 11 is 0. The highest BCUT2D eigenvalue weighted by atomic mass is 16.3. The summed E-state index contributed by atoms with van der Waals surface area (Å²) in [7, 11) is 0. The van der Waals surface area contributed by atoms with Gasteiger partial charge in [0.2, 0.25) is 0 Å². The van der Waals surface area contributed by atoms with Gasteiger partial charge in [-0.1, -0.05) is 19.3 Å². The van der Waals surface area contributed by atoms with Crippen LogP contribution in [-0.2, 0) is 0 Å². The molecule has 1 N–H and O–H groups in total. The molecule has 0 aromatic carbocycles. The Kier molecular flexibility index (Phi) is 2.31. The SMILES string of the molecule is OC1CCC2C1CCC1CCCCC12. The maximum atomic E-state index is 9.91. The molecule has 5 atom stereocenters. The van der Waals surface area contributed by atoms with E-state index in [0.717, 1.165) is 24.2 Å². The van der Waals surface area contributed by atoms with Gasteiger partial charge < -0.3 is 5.11 Å². The molecule has 3 aliphatic carbocycles. The number of aliphatic hydroxyl groups excluding tert-OH is 1. The lowest BCUT2D eigenvalue weighted by molar-refractivity contribution is 0.0251. The minimum atomic E-state index is 0.0582. The summed E-state index contributed by atoms with van der Waals surface area (Å²) in [5.41, 5.74) is 0. The van der Waals surface area contributed by atoms with Crippen LogP contribution in [0.5, 0.6) is 0 Å². The average Bonchev–Trinajstić information content (AvgIpc) is 2.61. The highest BCUT2D eigenvalue weighted by molar-refractivity contribution is 4.95. The van der Waals surface area contributed by atoms with Gasteiger partial charge in [-0.15, -0.1) is 0 Å². The van der Waals surface area contributed by atoms with Gasteiger partial charge in [0.15, 0.2) is 0 Å². The fraction of sp³-hybridized carbons (Fsp3) is 1.00. The summed E-state index contributed by atoms with van der Waals surface area (Å²) in [6, 6.07) is 0. The van der Waals surface area contributed by atoms with Gasteiger partial charge in [0.25, 0.3) is 0 Å². The largest absolute Gasteiger partial charge is 0.393 e. The molecule has 0 radical (unpaired) electrons. The van der Waals surface area contributed by atoms with Crippen LogP contribution in [0.15, 0.2) is 0 Å². The molecule has 1 heteroatoms. The van der Waals surface area contributed by atoms with Gasteiger partial charge in [0.1, 0.15) is 0 Å². The van der Waals surface area contributed by atoms with Gasteiger partial charge in [-0.25, -0.2) is 0 Å². The van der Waals surface area contributed by atoms with Crippen LogP contribution in [0.1, 0.15) is 51.4 Å². The van der Waals surface area contributed by atoms with Gasteiger partial charge in [-0.05, 0) is 55.8 Å². The van der Waals surface area contributed by atoms with E-state index >= 15 is 0 Å². The Morgan fingerprint density at radius 1 is 0.643 bits per heavy atom. The Labute approximate surface area is 86.9 Å². The summed E-state index contributed by atoms with van der Waals surface area (Å²) in [4.78, 5) is 0. The highest BCUT2D eigenvalue weighted by Gasteiger charge is 2.45. The van der Waals surface area contributed by atoms with Crippen LogP contribution in [0, 0.1) is 23.7 Å². The molecule has 0 amide bonds. The minimum absolute atomic E-state index is 0.0582. The number of hydrogen-bond donors (Lipinski definition) is 1. The molecule has 0 saturated heterocycles. The van der Waals surface area contributed by atoms with Gasteiger partial charge in [-0.3, -0.25) is 0 Å². The fourth-order valence-corrected chi connectivity index (χ4v) is 4.58. The first-order valence-corrected chi connectivity index (χ1v) is 6.54. The van der Waals surface area contributed by atoms with Gasteiger partial charge in [0, 0.05) is 0 Å². The lowest BCUT2D eigenvalue weighted by Crippen LogP contribution is -2.36. The van der Waals surface area contributed by atoms with Crippen LogP contribution in [0.3, 0.4) is 0 Å². The second-order valence-corrected chi connectivity index (χ2v) is 5.76. The molecule has 3 aliphatic rings. The van der Waals surface area contributed by atoms with E-state index in [0.29, 0.717) is 5.92 Å². The van der Waals surface area contributed by atoms with Crippen molar-refractivity contribution in [2.45, 2.75) is 57.5 Å². The van der Waals surface area contributed by atoms with Gasteiger partial charge in [-0.2, -0.15) is 0 Å². The van der Waals surface area contributed by atoms with E-state index in [1.54, 1.807) is 0 Å². The Balaban J connectivity index is 1.77. The summed E-state index contributed by atoms with van der Waals surface area (Å²) < 4.78 is 0. The first-order valence-electron chi connectivity index (χ1n) is 6.54. The predicted octanol–water partition coefficient (Wildman–Crippen LogP) is 2.97. The molecule has 1 nitrogen and oxygen atoms in total. The zero-order chi connectivity index (χ0) is 9.54. The van der Waals surface area contributed by atoms with E-state index in [1.807, 2.05) is 0 Å². The summed E-state index contributed by atoms with van der Waals surface area (Å²) in [5.74, 6) is 3.63. The third-order valence-corrected chi connectivity index (χ3v) is 5.23. The molecule has 3 fully saturated rings. The normalized spacial score (nSPS) is 52.5. The van der Waals surface area contributed by atoms with Crippen LogP contribution in [-0.4, -0.2) is 11.2 Å². The molecule has 0 heterocycles. The standard InChI is InChI=1S/C13H22O/c14-13-8-7-11-10-4-2-1-3-9(10)5-6-12(11)13/h9-14H,1-8H2. The summed E-state index contributed by atoms with van der Waals surface area (Å²) in [6.45, 7) is 0. The third kappa shape index (κ3) is 1.32. The van der Waals surface area contributed by atoms with E-state index in [-0.39, 0.29) is 6.10 Å². The lowest BCUT2D eigenvalue weighted by Gasteiger charge is -2.43. The Morgan fingerprint density at radius 2 is 1.43 bits per heavy atom. The molecule has 0 aliphatic heterocycles. The highest BCUT2D eigenvalue weighted by Crippen LogP contribution is 2.52. The maximum Gasteiger partial charge on any atom is 0.0571 e. The number of hydrogen-bond acceptors (Lipinski definition) is 1. The Hall–Kier alpha value is -0.0400. The van der Waals surface area contributed by atoms with Crippen molar-refractivity contribution in [1.29, 1.82) is 0 Å². The molecule has 0 spiro atoms. The van der Waals surface area contributed by atoms with Crippen LogP contribution in [0.4, 0.5) is 0 Å². The topological polar surface area (TPSA) is 20.2 Å². The van der Waals surface area contributed by atoms with Gasteiger partial charge in [0.05, 0.1) is 6.10 Å². The molecular formula is C13H22O. The average molecular weight is 194 g/mol. The van der Waals surface area contributed by atoms with Crippen LogP contribution in [0.25, 0.3) is 0 Å². The van der Waals surface area contributed by atoms with Crippen molar-refractivity contribution in [1.82, 2.24) is 0 Å². The van der Waals surface area contributed by atoms with Crippen LogP contribution in [0.2, 0.25) is 0 Å². The monoisotopic (exact) mass is 194 g/mol. The first kappa shape index (κ1) is 9.21. The van der Waals surface area contributed by atoms with E-state index in [9.17, 15) is 5.11 Å². The lowest BCUT2D eigenvalue weighted by atomic mass is 9.62. The quantitative estimate of drug-likeness (QED) is 0.628. The molecule has 0 aromatic rings. The van der Waals surface area contributed by atoms with Crippen LogP contribution < -0.4 is 0 Å². The molecule has 0 aromatic heterocycles. The van der Waals surface area contributed by atoms with Crippen molar-refractivity contribution in [3.05, 3.63) is 0 Å². The molecule has 14 heavy (non-hydrogen) atoms. The maximum absolute atomic E-state index is 9.91. The summed E-state index contributed by atoms with van der Waals surface area (Å²) in [5, 5.41) is 9.91. The zero-order valence-electron chi connectivity index (χ0n) is 8.99. The second-order valence-electron chi connectivity index (χ2n) is 5.76. The number of fused-ring (bicyclic) bond motifs is 3. The molecular weight excluding hydrogens is 172 g/mol. The van der Waals surface area contributed by atoms with Crippen molar-refractivity contribution in [3.63, 3.8) is 0 Å². The smallest absolute Gasteiger partial charge is 0.0571 e. The minimum Gasteiger partial charge on any atom is -0.393 e. The predicted molar refractivity (Wildman–Crippen MR) is 56.9 cm³/mol. The number of rotatable bonds is 0. The van der Waals surface area contributed by atoms with Crippen molar-refractivity contribution < 1.29 is 5.11 Å². The molecule has 3 saturated carbocycles. The van der Waals surface area contributed by atoms with E-state index in [1.165, 1.54) is 44.9 Å². The Morgan fingerprint density at radius 3 is 2.36 bits per heavy atom. The van der Waals surface area contributed by atoms with Crippen molar-refractivity contribution >= 4 is 0 Å². The fourth-order valence-electron chi connectivity index (χ4n) is 4.58. The third-order valence-electron chi connectivity index (χ3n) is 5.23. The zero-order valence-corrected chi connectivity index (χ0v) is 8.99. The van der Waals surface area contributed by atoms with Crippen molar-refractivity contribution in [2.24, 2.45) is 23.7 Å². The van der Waals surface area contributed by atoms with E-state index in [4.69, 9.17) is 0 Å². The Bertz CT molecular complexity index is 211.